The van der Waals surface area contributed by atoms with Gasteiger partial charge in [0.25, 0.3) is 5.91 Å². The number of nitrogens with zero attached hydrogens (tertiary/aromatic N) is 2. The summed E-state index contributed by atoms with van der Waals surface area (Å²) < 4.78 is 6.60. The van der Waals surface area contributed by atoms with E-state index >= 15 is 0 Å². The number of aliphatic hydroxyl groups excluding tert-OH is 1. The zero-order valence-electron chi connectivity index (χ0n) is 10.5. The van der Waals surface area contributed by atoms with Gasteiger partial charge in [0.15, 0.2) is 0 Å². The van der Waals surface area contributed by atoms with Gasteiger partial charge in [-0.25, -0.2) is 0 Å². The molecule has 0 aliphatic rings. The van der Waals surface area contributed by atoms with E-state index in [9.17, 15) is 9.90 Å². The lowest BCUT2D eigenvalue weighted by molar-refractivity contribution is 0.0417. The molecule has 6 heteroatoms. The number of aryl methyl sites for hydroxylation is 1. The van der Waals surface area contributed by atoms with Crippen LogP contribution in [0.3, 0.4) is 0 Å². The largest absolute Gasteiger partial charge is 0.389 e. The molecule has 0 saturated carbocycles. The SMILES string of the molecule is CCOC[C@@H](O)CNC(=O)c1cc(C#N)cn1C. The van der Waals surface area contributed by atoms with E-state index in [1.54, 1.807) is 17.8 Å². The molecule has 0 unspecified atom stereocenters. The van der Waals surface area contributed by atoms with Gasteiger partial charge in [0, 0.05) is 26.4 Å². The van der Waals surface area contributed by atoms with Gasteiger partial charge in [-0.15, -0.1) is 0 Å². The lowest BCUT2D eigenvalue weighted by Gasteiger charge is -2.11. The highest BCUT2D eigenvalue weighted by Gasteiger charge is 2.13. The van der Waals surface area contributed by atoms with Crippen molar-refractivity contribution < 1.29 is 14.6 Å². The number of carbonyl (C=O) groups is 1. The van der Waals surface area contributed by atoms with Crippen LogP contribution in [0.25, 0.3) is 0 Å². The fraction of sp³-hybridized carbons (Fsp3) is 0.500. The predicted molar refractivity (Wildman–Crippen MR) is 65.0 cm³/mol. The molecule has 1 aromatic rings. The van der Waals surface area contributed by atoms with E-state index in [0.717, 1.165) is 0 Å². The maximum atomic E-state index is 11.8. The van der Waals surface area contributed by atoms with E-state index in [4.69, 9.17) is 10.00 Å². The van der Waals surface area contributed by atoms with E-state index in [1.165, 1.54) is 6.07 Å². The zero-order valence-corrected chi connectivity index (χ0v) is 10.5. The molecule has 0 fully saturated rings. The molecular formula is C12H17N3O3. The molecule has 0 bridgehead atoms. The van der Waals surface area contributed by atoms with Crippen molar-refractivity contribution >= 4 is 5.91 Å². The second-order valence-corrected chi connectivity index (χ2v) is 3.86. The number of ether oxygens (including phenoxy) is 1. The molecule has 0 aliphatic heterocycles. The minimum Gasteiger partial charge on any atom is -0.389 e. The fourth-order valence-corrected chi connectivity index (χ4v) is 1.47. The standard InChI is InChI=1S/C12H17N3O3/c1-3-18-8-10(16)6-14-12(17)11-4-9(5-13)7-15(11)2/h4,7,10,16H,3,6,8H2,1-2H3,(H,14,17)/t10-/m0/s1. The number of nitrogens with one attached hydrogen (secondary N) is 1. The molecule has 98 valence electrons. The maximum Gasteiger partial charge on any atom is 0.268 e. The molecule has 0 aromatic carbocycles. The van der Waals surface area contributed by atoms with Crippen molar-refractivity contribution in [2.75, 3.05) is 19.8 Å². The highest BCUT2D eigenvalue weighted by atomic mass is 16.5. The molecule has 2 N–H and O–H groups in total. The summed E-state index contributed by atoms with van der Waals surface area (Å²) in [6, 6.07) is 3.47. The Labute approximate surface area is 106 Å². The average Bonchev–Trinajstić information content (AvgIpc) is 2.74. The molecule has 1 aromatic heterocycles. The normalized spacial score (nSPS) is 11.9. The second-order valence-electron chi connectivity index (χ2n) is 3.86. The molecule has 1 atom stereocenters. The van der Waals surface area contributed by atoms with Crippen LogP contribution in [-0.2, 0) is 11.8 Å². The Balaban J connectivity index is 2.50. The smallest absolute Gasteiger partial charge is 0.268 e. The summed E-state index contributed by atoms with van der Waals surface area (Å²) >= 11 is 0. The van der Waals surface area contributed by atoms with Gasteiger partial charge in [0.2, 0.25) is 0 Å². The predicted octanol–water partition coefficient (Wildman–Crippen LogP) is 0.0240. The molecule has 18 heavy (non-hydrogen) atoms. The van der Waals surface area contributed by atoms with Crippen molar-refractivity contribution in [2.45, 2.75) is 13.0 Å². The van der Waals surface area contributed by atoms with Crippen molar-refractivity contribution in [2.24, 2.45) is 7.05 Å². The summed E-state index contributed by atoms with van der Waals surface area (Å²) in [4.78, 5) is 11.8. The Morgan fingerprint density at radius 2 is 2.44 bits per heavy atom. The quantitative estimate of drug-likeness (QED) is 0.746. The minimum atomic E-state index is -0.732. The van der Waals surface area contributed by atoms with Gasteiger partial charge in [-0.05, 0) is 13.0 Å². The van der Waals surface area contributed by atoms with Crippen molar-refractivity contribution in [1.82, 2.24) is 9.88 Å². The van der Waals surface area contributed by atoms with Crippen molar-refractivity contribution in [3.63, 3.8) is 0 Å². The molecule has 1 amide bonds. The summed E-state index contributed by atoms with van der Waals surface area (Å²) in [7, 11) is 1.69. The van der Waals surface area contributed by atoms with Crippen LogP contribution < -0.4 is 5.32 Å². The zero-order chi connectivity index (χ0) is 13.5. The fourth-order valence-electron chi connectivity index (χ4n) is 1.47. The highest BCUT2D eigenvalue weighted by Crippen LogP contribution is 2.05. The van der Waals surface area contributed by atoms with E-state index in [2.05, 4.69) is 5.32 Å². The Morgan fingerprint density at radius 1 is 1.72 bits per heavy atom. The Morgan fingerprint density at radius 3 is 3.00 bits per heavy atom. The average molecular weight is 251 g/mol. The van der Waals surface area contributed by atoms with Gasteiger partial charge < -0.3 is 19.7 Å². The minimum absolute atomic E-state index is 0.117. The first-order chi connectivity index (χ1) is 8.58. The van der Waals surface area contributed by atoms with Gasteiger partial charge >= 0.3 is 0 Å². The number of carbonyl (C=O) groups excluding carboxylic acids is 1. The lowest BCUT2D eigenvalue weighted by atomic mass is 10.3. The number of aromatic nitrogens is 1. The van der Waals surface area contributed by atoms with Crippen LogP contribution >= 0.6 is 0 Å². The molecular weight excluding hydrogens is 234 g/mol. The number of rotatable bonds is 6. The lowest BCUT2D eigenvalue weighted by Crippen LogP contribution is -2.35. The van der Waals surface area contributed by atoms with Crippen LogP contribution in [0, 0.1) is 11.3 Å². The first-order valence-electron chi connectivity index (χ1n) is 5.69. The van der Waals surface area contributed by atoms with Crippen LogP contribution in [0.4, 0.5) is 0 Å². The van der Waals surface area contributed by atoms with Crippen LogP contribution in [0.1, 0.15) is 23.0 Å². The third-order valence-corrected chi connectivity index (χ3v) is 2.38. The monoisotopic (exact) mass is 251 g/mol. The summed E-state index contributed by atoms with van der Waals surface area (Å²) in [5.74, 6) is -0.324. The first-order valence-corrected chi connectivity index (χ1v) is 5.69. The first kappa shape index (κ1) is 14.2. The van der Waals surface area contributed by atoms with Gasteiger partial charge in [-0.3, -0.25) is 4.79 Å². The van der Waals surface area contributed by atoms with Crippen molar-refractivity contribution in [3.8, 4) is 6.07 Å². The van der Waals surface area contributed by atoms with Crippen LogP contribution in [0.15, 0.2) is 12.3 Å². The third kappa shape index (κ3) is 3.87. The third-order valence-electron chi connectivity index (χ3n) is 2.38. The molecule has 0 spiro atoms. The Bertz CT molecular complexity index is 448. The van der Waals surface area contributed by atoms with E-state index in [-0.39, 0.29) is 19.1 Å². The number of hydrogen-bond donors (Lipinski definition) is 2. The van der Waals surface area contributed by atoms with Crippen LogP contribution in [-0.4, -0.2) is 41.4 Å². The van der Waals surface area contributed by atoms with Gasteiger partial charge in [-0.2, -0.15) is 5.26 Å². The number of hydrogen-bond acceptors (Lipinski definition) is 4. The summed E-state index contributed by atoms with van der Waals surface area (Å²) in [5.41, 5.74) is 0.813. The van der Waals surface area contributed by atoms with E-state index < -0.39 is 6.10 Å². The molecule has 0 saturated heterocycles. The number of amides is 1. The van der Waals surface area contributed by atoms with Crippen molar-refractivity contribution in [1.29, 1.82) is 5.26 Å². The number of nitriles is 1. The molecule has 0 aliphatic carbocycles. The Hall–Kier alpha value is -1.84. The molecule has 1 rings (SSSR count). The van der Waals surface area contributed by atoms with Gasteiger partial charge in [-0.1, -0.05) is 0 Å². The highest BCUT2D eigenvalue weighted by molar-refractivity contribution is 5.93. The summed E-state index contributed by atoms with van der Waals surface area (Å²) in [6.45, 7) is 2.66. The maximum absolute atomic E-state index is 11.8. The van der Waals surface area contributed by atoms with Crippen LogP contribution in [0.5, 0.6) is 0 Å². The Kier molecular flexibility index (Phi) is 5.36. The van der Waals surface area contributed by atoms with E-state index in [1.807, 2.05) is 13.0 Å². The number of aliphatic hydroxyl groups is 1. The van der Waals surface area contributed by atoms with Crippen LogP contribution in [0.2, 0.25) is 0 Å². The second kappa shape index (κ2) is 6.79. The van der Waals surface area contributed by atoms with Crippen molar-refractivity contribution in [3.05, 3.63) is 23.5 Å². The van der Waals surface area contributed by atoms with E-state index in [0.29, 0.717) is 17.9 Å². The molecule has 1 heterocycles. The molecule has 6 nitrogen and oxygen atoms in total. The van der Waals surface area contributed by atoms with Gasteiger partial charge in [0.1, 0.15) is 11.8 Å². The van der Waals surface area contributed by atoms with Gasteiger partial charge in [0.05, 0.1) is 18.3 Å². The summed E-state index contributed by atoms with van der Waals surface area (Å²) in [6.07, 6.45) is 0.843. The topological polar surface area (TPSA) is 87.3 Å². The summed E-state index contributed by atoms with van der Waals surface area (Å²) in [5, 5.41) is 20.8. The molecule has 0 radical (unpaired) electrons.